The smallest absolute Gasteiger partial charge is 0.337 e. The first-order valence-electron chi connectivity index (χ1n) is 5.66. The number of hydrogen-bond acceptors (Lipinski definition) is 6. The summed E-state index contributed by atoms with van der Waals surface area (Å²) in [4.78, 5) is 14.8. The highest BCUT2D eigenvalue weighted by molar-refractivity contribution is 6.47. The Balaban J connectivity index is 2.96. The van der Waals surface area contributed by atoms with Gasteiger partial charge < -0.3 is 16.6 Å². The van der Waals surface area contributed by atoms with Gasteiger partial charge in [0.2, 0.25) is 5.71 Å². The van der Waals surface area contributed by atoms with Gasteiger partial charge in [0, 0.05) is 6.54 Å². The number of nitrogens with two attached hydrogens (primary N) is 2. The highest BCUT2D eigenvalue weighted by Gasteiger charge is 2.09. The summed E-state index contributed by atoms with van der Waals surface area (Å²) in [5.74, 6) is -1.16. The first kappa shape index (κ1) is 15.1. The highest BCUT2D eigenvalue weighted by Crippen LogP contribution is 2.14. The Kier molecular flexibility index (Phi) is 5.68. The van der Waals surface area contributed by atoms with Crippen LogP contribution in [0, 0.1) is 11.3 Å². The van der Waals surface area contributed by atoms with E-state index in [-0.39, 0.29) is 29.3 Å². The van der Waals surface area contributed by atoms with Crippen LogP contribution in [0.2, 0.25) is 0 Å². The van der Waals surface area contributed by atoms with E-state index in [1.165, 1.54) is 12.1 Å². The standard InChI is InChI=1S/C12H14N6O2/c13-5-6-16-11(15)10(7-14)18-17-9-4-2-1-3-8(9)12(19)20/h1-4,17H,5-6,13H2,(H2,15,16)(H,19,20)/b18-10+. The van der Waals surface area contributed by atoms with Crippen molar-refractivity contribution in [3.63, 3.8) is 0 Å². The lowest BCUT2D eigenvalue weighted by Gasteiger charge is -2.05. The molecule has 0 heterocycles. The molecule has 1 aromatic rings. The maximum absolute atomic E-state index is 11.0. The summed E-state index contributed by atoms with van der Waals surface area (Å²) in [7, 11) is 0. The van der Waals surface area contributed by atoms with E-state index in [0.29, 0.717) is 6.54 Å². The van der Waals surface area contributed by atoms with Gasteiger partial charge in [0.15, 0.2) is 5.84 Å². The number of amidine groups is 1. The van der Waals surface area contributed by atoms with E-state index < -0.39 is 5.97 Å². The molecule has 0 aromatic heterocycles. The molecular weight excluding hydrogens is 260 g/mol. The van der Waals surface area contributed by atoms with E-state index in [2.05, 4.69) is 15.5 Å². The number of aromatic carboxylic acids is 1. The summed E-state index contributed by atoms with van der Waals surface area (Å²) in [5, 5.41) is 21.7. The number of nitriles is 1. The summed E-state index contributed by atoms with van der Waals surface area (Å²) in [6.07, 6.45) is 0. The molecule has 1 rings (SSSR count). The molecule has 0 aliphatic carbocycles. The van der Waals surface area contributed by atoms with Gasteiger partial charge in [-0.3, -0.25) is 10.4 Å². The quantitative estimate of drug-likeness (QED) is 0.325. The molecule has 0 saturated carbocycles. The summed E-state index contributed by atoms with van der Waals surface area (Å²) < 4.78 is 0. The second-order valence-corrected chi connectivity index (χ2v) is 3.59. The minimum atomic E-state index is -1.11. The van der Waals surface area contributed by atoms with E-state index in [9.17, 15) is 4.79 Å². The van der Waals surface area contributed by atoms with Gasteiger partial charge in [-0.05, 0) is 12.1 Å². The maximum atomic E-state index is 11.0. The third-order valence-electron chi connectivity index (χ3n) is 2.21. The third kappa shape index (κ3) is 4.08. The number of benzene rings is 1. The van der Waals surface area contributed by atoms with Crippen LogP contribution in [0.1, 0.15) is 10.4 Å². The zero-order valence-electron chi connectivity index (χ0n) is 10.6. The minimum Gasteiger partial charge on any atom is -0.478 e. The molecule has 0 atom stereocenters. The molecule has 0 unspecified atom stereocenters. The molecule has 0 saturated heterocycles. The summed E-state index contributed by atoms with van der Waals surface area (Å²) in [6.45, 7) is 0.576. The van der Waals surface area contributed by atoms with Gasteiger partial charge in [-0.15, -0.1) is 0 Å². The highest BCUT2D eigenvalue weighted by atomic mass is 16.4. The van der Waals surface area contributed by atoms with Crippen LogP contribution in [0.25, 0.3) is 0 Å². The number of carbonyl (C=O) groups is 1. The van der Waals surface area contributed by atoms with Crippen LogP contribution in [0.4, 0.5) is 5.69 Å². The molecule has 0 fully saturated rings. The van der Waals surface area contributed by atoms with E-state index in [1.807, 2.05) is 0 Å². The fraction of sp³-hybridized carbons (Fsp3) is 0.167. The fourth-order valence-corrected chi connectivity index (χ4v) is 1.28. The van der Waals surface area contributed by atoms with Crippen molar-refractivity contribution in [1.82, 2.24) is 0 Å². The Morgan fingerprint density at radius 3 is 2.75 bits per heavy atom. The normalized spacial score (nSPS) is 11.8. The average Bonchev–Trinajstić information content (AvgIpc) is 2.45. The van der Waals surface area contributed by atoms with Crippen molar-refractivity contribution in [2.45, 2.75) is 0 Å². The summed E-state index contributed by atoms with van der Waals surface area (Å²) in [5.41, 5.74) is 13.5. The zero-order chi connectivity index (χ0) is 15.0. The largest absolute Gasteiger partial charge is 0.478 e. The average molecular weight is 274 g/mol. The SMILES string of the molecule is N#C/C(=N\Nc1ccccc1C(=O)O)C(N)=NCCN. The van der Waals surface area contributed by atoms with Crippen molar-refractivity contribution in [2.24, 2.45) is 21.6 Å². The van der Waals surface area contributed by atoms with E-state index in [4.69, 9.17) is 21.8 Å². The maximum Gasteiger partial charge on any atom is 0.337 e. The molecule has 104 valence electrons. The Hall–Kier alpha value is -2.92. The Labute approximate surface area is 115 Å². The lowest BCUT2D eigenvalue weighted by atomic mass is 10.2. The van der Waals surface area contributed by atoms with Gasteiger partial charge in [0.25, 0.3) is 0 Å². The third-order valence-corrected chi connectivity index (χ3v) is 2.21. The molecule has 8 heteroatoms. The zero-order valence-corrected chi connectivity index (χ0v) is 10.6. The number of hydrogen-bond donors (Lipinski definition) is 4. The molecule has 20 heavy (non-hydrogen) atoms. The number of anilines is 1. The van der Waals surface area contributed by atoms with Crippen LogP contribution in [-0.4, -0.2) is 35.7 Å². The Morgan fingerprint density at radius 1 is 1.45 bits per heavy atom. The minimum absolute atomic E-state index is 0.0333. The molecule has 1 aromatic carbocycles. The lowest BCUT2D eigenvalue weighted by molar-refractivity contribution is 0.0698. The number of rotatable bonds is 6. The van der Waals surface area contributed by atoms with Gasteiger partial charge in [-0.1, -0.05) is 12.1 Å². The van der Waals surface area contributed by atoms with Crippen LogP contribution in [-0.2, 0) is 0 Å². The lowest BCUT2D eigenvalue weighted by Crippen LogP contribution is -2.25. The molecule has 6 N–H and O–H groups in total. The van der Waals surface area contributed by atoms with Gasteiger partial charge in [-0.25, -0.2) is 4.79 Å². The van der Waals surface area contributed by atoms with Crippen molar-refractivity contribution >= 4 is 23.2 Å². The van der Waals surface area contributed by atoms with Crippen LogP contribution < -0.4 is 16.9 Å². The van der Waals surface area contributed by atoms with Gasteiger partial charge in [0.05, 0.1) is 17.8 Å². The summed E-state index contributed by atoms with van der Waals surface area (Å²) in [6, 6.07) is 7.94. The first-order chi connectivity index (χ1) is 9.60. The number of para-hydroxylation sites is 1. The van der Waals surface area contributed by atoms with Crippen molar-refractivity contribution in [1.29, 1.82) is 5.26 Å². The molecule has 0 bridgehead atoms. The van der Waals surface area contributed by atoms with E-state index in [1.54, 1.807) is 18.2 Å². The van der Waals surface area contributed by atoms with Gasteiger partial charge >= 0.3 is 5.97 Å². The number of carboxylic acids is 1. The molecule has 0 aliphatic rings. The topological polar surface area (TPSA) is 150 Å². The molecule has 8 nitrogen and oxygen atoms in total. The molecule has 0 radical (unpaired) electrons. The van der Waals surface area contributed by atoms with Gasteiger partial charge in [-0.2, -0.15) is 10.4 Å². The molecule has 0 aliphatic heterocycles. The first-order valence-corrected chi connectivity index (χ1v) is 5.66. The molecular formula is C12H14N6O2. The summed E-state index contributed by atoms with van der Waals surface area (Å²) >= 11 is 0. The van der Waals surface area contributed by atoms with E-state index >= 15 is 0 Å². The van der Waals surface area contributed by atoms with Crippen molar-refractivity contribution < 1.29 is 9.90 Å². The van der Waals surface area contributed by atoms with E-state index in [0.717, 1.165) is 0 Å². The Morgan fingerprint density at radius 2 is 2.15 bits per heavy atom. The van der Waals surface area contributed by atoms with Crippen LogP contribution in [0.3, 0.4) is 0 Å². The Bertz CT molecular complexity index is 588. The number of nitrogens with one attached hydrogen (secondary N) is 1. The van der Waals surface area contributed by atoms with Crippen molar-refractivity contribution in [3.05, 3.63) is 29.8 Å². The molecule has 0 spiro atoms. The fourth-order valence-electron chi connectivity index (χ4n) is 1.28. The second-order valence-electron chi connectivity index (χ2n) is 3.59. The van der Waals surface area contributed by atoms with Crippen LogP contribution in [0.5, 0.6) is 0 Å². The number of hydrazone groups is 1. The predicted molar refractivity (Wildman–Crippen MR) is 75.6 cm³/mol. The van der Waals surface area contributed by atoms with Crippen LogP contribution in [0.15, 0.2) is 34.4 Å². The van der Waals surface area contributed by atoms with Crippen molar-refractivity contribution in [3.8, 4) is 6.07 Å². The van der Waals surface area contributed by atoms with Crippen molar-refractivity contribution in [2.75, 3.05) is 18.5 Å². The van der Waals surface area contributed by atoms with Gasteiger partial charge in [0.1, 0.15) is 6.07 Å². The molecule has 0 amide bonds. The number of aliphatic imine (C=N–C) groups is 1. The number of nitrogens with zero attached hydrogens (tertiary/aromatic N) is 3. The van der Waals surface area contributed by atoms with Crippen LogP contribution >= 0.6 is 0 Å². The number of carboxylic acid groups (broad SMARTS) is 1. The predicted octanol–water partition coefficient (Wildman–Crippen LogP) is -0.00782. The monoisotopic (exact) mass is 274 g/mol. The second kappa shape index (κ2) is 7.50.